The molecular weight excluding hydrogens is 386 g/mol. The second-order valence-electron chi connectivity index (χ2n) is 6.91. The molecule has 6 heteroatoms. The average Bonchev–Trinajstić information content (AvgIpc) is 3.12. The molecular formula is C23H21NO4S. The highest BCUT2D eigenvalue weighted by atomic mass is 32.1. The fourth-order valence-electron chi connectivity index (χ4n) is 3.68. The number of carboxylic acid groups (broad SMARTS) is 1. The Balaban J connectivity index is 1.89. The Hall–Kier alpha value is -3.12. The summed E-state index contributed by atoms with van der Waals surface area (Å²) in [4.78, 5) is 25.7. The van der Waals surface area contributed by atoms with E-state index in [2.05, 4.69) is 5.32 Å². The highest BCUT2D eigenvalue weighted by molar-refractivity contribution is 7.15. The molecule has 2 aromatic carbocycles. The van der Waals surface area contributed by atoms with E-state index in [1.165, 1.54) is 11.3 Å². The van der Waals surface area contributed by atoms with Crippen molar-refractivity contribution < 1.29 is 19.4 Å². The Labute approximate surface area is 173 Å². The molecule has 1 unspecified atom stereocenters. The summed E-state index contributed by atoms with van der Waals surface area (Å²) in [7, 11) is 0. The van der Waals surface area contributed by atoms with E-state index in [0.717, 1.165) is 28.2 Å². The molecule has 0 radical (unpaired) electrons. The van der Waals surface area contributed by atoms with Crippen molar-refractivity contribution in [2.75, 3.05) is 11.9 Å². The minimum Gasteiger partial charge on any atom is -0.493 e. The van der Waals surface area contributed by atoms with E-state index in [1.54, 1.807) is 0 Å². The van der Waals surface area contributed by atoms with Gasteiger partial charge in [0.1, 0.15) is 10.6 Å². The van der Waals surface area contributed by atoms with Crippen molar-refractivity contribution in [3.63, 3.8) is 0 Å². The van der Waals surface area contributed by atoms with Gasteiger partial charge in [0, 0.05) is 28.3 Å². The first-order chi connectivity index (χ1) is 14.1. The van der Waals surface area contributed by atoms with Crippen molar-refractivity contribution in [2.24, 2.45) is 0 Å². The molecule has 2 heterocycles. The van der Waals surface area contributed by atoms with Crippen molar-refractivity contribution in [1.82, 2.24) is 0 Å². The van der Waals surface area contributed by atoms with Crippen LogP contribution < -0.4 is 10.1 Å². The number of fused-ring (bicyclic) bond motifs is 1. The number of hydrogen-bond donors (Lipinski definition) is 2. The van der Waals surface area contributed by atoms with Gasteiger partial charge in [-0.15, -0.1) is 11.3 Å². The van der Waals surface area contributed by atoms with Gasteiger partial charge in [-0.25, -0.2) is 4.79 Å². The first-order valence-corrected chi connectivity index (χ1v) is 10.4. The van der Waals surface area contributed by atoms with Gasteiger partial charge in [0.2, 0.25) is 5.91 Å². The van der Waals surface area contributed by atoms with Gasteiger partial charge in [-0.1, -0.05) is 55.5 Å². The first kappa shape index (κ1) is 19.2. The molecule has 1 aliphatic heterocycles. The van der Waals surface area contributed by atoms with Crippen LogP contribution in [0.5, 0.6) is 5.75 Å². The maximum atomic E-state index is 12.6. The van der Waals surface area contributed by atoms with Crippen LogP contribution in [0.1, 0.15) is 45.8 Å². The number of amides is 1. The van der Waals surface area contributed by atoms with Gasteiger partial charge in [-0.3, -0.25) is 4.79 Å². The summed E-state index contributed by atoms with van der Waals surface area (Å²) in [5.41, 5.74) is 2.86. The summed E-state index contributed by atoms with van der Waals surface area (Å²) in [5, 5.41) is 12.8. The van der Waals surface area contributed by atoms with Gasteiger partial charge in [-0.05, 0) is 18.1 Å². The quantitative estimate of drug-likeness (QED) is 0.575. The monoisotopic (exact) mass is 407 g/mol. The molecule has 0 bridgehead atoms. The number of rotatable bonds is 6. The van der Waals surface area contributed by atoms with E-state index in [4.69, 9.17) is 4.74 Å². The van der Waals surface area contributed by atoms with Gasteiger partial charge in [0.15, 0.2) is 0 Å². The number of hydrogen-bond acceptors (Lipinski definition) is 4. The third-order valence-corrected chi connectivity index (χ3v) is 6.21. The molecule has 0 fully saturated rings. The molecule has 0 aliphatic carbocycles. The van der Waals surface area contributed by atoms with Gasteiger partial charge in [0.25, 0.3) is 0 Å². The predicted molar refractivity (Wildman–Crippen MR) is 114 cm³/mol. The highest BCUT2D eigenvalue weighted by Crippen LogP contribution is 2.50. The van der Waals surface area contributed by atoms with Gasteiger partial charge in [-0.2, -0.15) is 0 Å². The fourth-order valence-corrected chi connectivity index (χ4v) is 4.92. The zero-order valence-corrected chi connectivity index (χ0v) is 16.8. The highest BCUT2D eigenvalue weighted by Gasteiger charge is 2.35. The topological polar surface area (TPSA) is 75.6 Å². The normalized spacial score (nSPS) is 15.5. The van der Waals surface area contributed by atoms with Crippen LogP contribution in [0.25, 0.3) is 11.1 Å². The lowest BCUT2D eigenvalue weighted by Crippen LogP contribution is -2.23. The summed E-state index contributed by atoms with van der Waals surface area (Å²) in [6.45, 7) is 2.63. The number of anilines is 1. The molecule has 1 atom stereocenters. The summed E-state index contributed by atoms with van der Waals surface area (Å²) < 4.78 is 5.92. The van der Waals surface area contributed by atoms with Crippen molar-refractivity contribution in [2.45, 2.75) is 25.7 Å². The minimum absolute atomic E-state index is 0.125. The second-order valence-corrected chi connectivity index (χ2v) is 7.96. The lowest BCUT2D eigenvalue weighted by molar-refractivity contribution is -0.116. The molecule has 1 aliphatic rings. The number of ether oxygens (including phenoxy) is 1. The number of carbonyl (C=O) groups excluding carboxylic acids is 1. The fraction of sp³-hybridized carbons (Fsp3) is 0.217. The van der Waals surface area contributed by atoms with Crippen molar-refractivity contribution >= 4 is 28.9 Å². The Morgan fingerprint density at radius 3 is 2.62 bits per heavy atom. The summed E-state index contributed by atoms with van der Waals surface area (Å²) in [5.74, 6) is -0.620. The van der Waals surface area contributed by atoms with Crippen LogP contribution in [-0.4, -0.2) is 23.6 Å². The largest absolute Gasteiger partial charge is 0.493 e. The molecule has 1 aromatic heterocycles. The standard InChI is InChI=1S/C23H21NO4S/c1-2-12-28-17-11-7-6-10-15(17)16-13-18(25)24-20-19(14-8-4-3-5-9-14)22(23(26)27)29-21(16)20/h3-11,16H,2,12-13H2,1H3,(H,24,25)(H,26,27). The minimum atomic E-state index is -0.994. The van der Waals surface area contributed by atoms with Crippen LogP contribution in [-0.2, 0) is 4.79 Å². The number of para-hydroxylation sites is 1. The number of nitrogens with one attached hydrogen (secondary N) is 1. The Kier molecular flexibility index (Phi) is 5.36. The lowest BCUT2D eigenvalue weighted by atomic mass is 9.88. The summed E-state index contributed by atoms with van der Waals surface area (Å²) in [6, 6.07) is 17.0. The maximum Gasteiger partial charge on any atom is 0.346 e. The molecule has 4 rings (SSSR count). The molecule has 0 saturated carbocycles. The number of carboxylic acids is 1. The van der Waals surface area contributed by atoms with Gasteiger partial charge in [0.05, 0.1) is 12.3 Å². The van der Waals surface area contributed by atoms with Crippen molar-refractivity contribution in [3.05, 3.63) is 69.9 Å². The van der Waals surface area contributed by atoms with Crippen molar-refractivity contribution in [3.8, 4) is 16.9 Å². The van der Waals surface area contributed by atoms with E-state index in [0.29, 0.717) is 17.9 Å². The van der Waals surface area contributed by atoms with Gasteiger partial charge < -0.3 is 15.2 Å². The Bertz CT molecular complexity index is 1060. The third kappa shape index (κ3) is 3.63. The van der Waals surface area contributed by atoms with E-state index in [1.807, 2.05) is 61.5 Å². The molecule has 148 valence electrons. The average molecular weight is 407 g/mol. The van der Waals surface area contributed by atoms with E-state index in [-0.39, 0.29) is 23.1 Å². The van der Waals surface area contributed by atoms with Crippen LogP contribution in [0, 0.1) is 0 Å². The van der Waals surface area contributed by atoms with E-state index in [9.17, 15) is 14.7 Å². The number of carbonyl (C=O) groups is 2. The number of aromatic carboxylic acids is 1. The van der Waals surface area contributed by atoms with E-state index >= 15 is 0 Å². The number of benzene rings is 2. The number of thiophene rings is 1. The molecule has 1 amide bonds. The first-order valence-electron chi connectivity index (χ1n) is 9.57. The van der Waals surface area contributed by atoms with Crippen LogP contribution >= 0.6 is 11.3 Å². The second kappa shape index (κ2) is 8.09. The molecule has 5 nitrogen and oxygen atoms in total. The third-order valence-electron chi connectivity index (χ3n) is 4.92. The van der Waals surface area contributed by atoms with Crippen LogP contribution in [0.4, 0.5) is 5.69 Å². The molecule has 0 spiro atoms. The zero-order chi connectivity index (χ0) is 20.4. The molecule has 0 saturated heterocycles. The molecule has 3 aromatic rings. The van der Waals surface area contributed by atoms with Gasteiger partial charge >= 0.3 is 5.97 Å². The summed E-state index contributed by atoms with van der Waals surface area (Å²) >= 11 is 1.23. The van der Waals surface area contributed by atoms with Crippen molar-refractivity contribution in [1.29, 1.82) is 0 Å². The maximum absolute atomic E-state index is 12.6. The predicted octanol–water partition coefficient (Wildman–Crippen LogP) is 5.38. The van der Waals surface area contributed by atoms with E-state index < -0.39 is 5.97 Å². The zero-order valence-electron chi connectivity index (χ0n) is 16.0. The Morgan fingerprint density at radius 2 is 1.90 bits per heavy atom. The smallest absolute Gasteiger partial charge is 0.346 e. The molecule has 29 heavy (non-hydrogen) atoms. The van der Waals surface area contributed by atoms with Crippen LogP contribution in [0.2, 0.25) is 0 Å². The SMILES string of the molecule is CCCOc1ccccc1C1CC(=O)Nc2c1sc(C(=O)O)c2-c1ccccc1. The molecule has 2 N–H and O–H groups in total. The summed E-state index contributed by atoms with van der Waals surface area (Å²) in [6.07, 6.45) is 1.14. The Morgan fingerprint density at radius 1 is 1.17 bits per heavy atom. The van der Waals surface area contributed by atoms with Crippen LogP contribution in [0.15, 0.2) is 54.6 Å². The lowest BCUT2D eigenvalue weighted by Gasteiger charge is -2.25. The van der Waals surface area contributed by atoms with Crippen LogP contribution in [0.3, 0.4) is 0 Å².